The molecule has 7 heteroatoms. The van der Waals surface area contributed by atoms with E-state index in [1.54, 1.807) is 12.1 Å². The lowest BCUT2D eigenvalue weighted by molar-refractivity contribution is 0.377. The Kier molecular flexibility index (Phi) is 3.79. The van der Waals surface area contributed by atoms with E-state index in [1.807, 2.05) is 0 Å². The van der Waals surface area contributed by atoms with Gasteiger partial charge in [-0.1, -0.05) is 0 Å². The third-order valence-electron chi connectivity index (χ3n) is 2.73. The molecule has 1 aromatic carbocycles. The first kappa shape index (κ1) is 13.7. The summed E-state index contributed by atoms with van der Waals surface area (Å²) in [6.07, 6.45) is 0. The number of nitrogen functional groups attached to an aromatic ring is 1. The zero-order chi connectivity index (χ0) is 14.7. The van der Waals surface area contributed by atoms with Gasteiger partial charge in [0.1, 0.15) is 17.2 Å². The molecule has 0 unspecified atom stereocenters. The van der Waals surface area contributed by atoms with Crippen molar-refractivity contribution < 1.29 is 14.2 Å². The molecule has 0 saturated heterocycles. The van der Waals surface area contributed by atoms with Crippen LogP contribution >= 0.6 is 0 Å². The topological polar surface area (TPSA) is 99.5 Å². The van der Waals surface area contributed by atoms with Crippen LogP contribution in [0.3, 0.4) is 0 Å². The Hall–Kier alpha value is -2.70. The van der Waals surface area contributed by atoms with E-state index in [9.17, 15) is 4.79 Å². The van der Waals surface area contributed by atoms with Crippen molar-refractivity contribution in [2.45, 2.75) is 0 Å². The van der Waals surface area contributed by atoms with Crippen LogP contribution < -0.4 is 25.5 Å². The number of hydrogen-bond acceptors (Lipinski definition) is 6. The molecule has 0 radical (unpaired) electrons. The van der Waals surface area contributed by atoms with Gasteiger partial charge in [-0.15, -0.1) is 0 Å². The summed E-state index contributed by atoms with van der Waals surface area (Å²) in [6, 6.07) is 4.68. The molecule has 2 aromatic rings. The predicted molar refractivity (Wildman–Crippen MR) is 74.4 cm³/mol. The number of H-pyrrole nitrogens is 1. The van der Waals surface area contributed by atoms with Crippen molar-refractivity contribution in [3.8, 4) is 28.5 Å². The summed E-state index contributed by atoms with van der Waals surface area (Å²) >= 11 is 0. The van der Waals surface area contributed by atoms with Crippen LogP contribution in [-0.2, 0) is 0 Å². The molecule has 0 amide bonds. The smallest absolute Gasteiger partial charge is 0.252 e. The Labute approximate surface area is 115 Å². The quantitative estimate of drug-likeness (QED) is 0.866. The van der Waals surface area contributed by atoms with Gasteiger partial charge in [0, 0.05) is 18.2 Å². The van der Waals surface area contributed by atoms with Gasteiger partial charge in [0.15, 0.2) is 0 Å². The summed E-state index contributed by atoms with van der Waals surface area (Å²) in [6.45, 7) is 0. The fourth-order valence-electron chi connectivity index (χ4n) is 1.86. The van der Waals surface area contributed by atoms with Gasteiger partial charge in [-0.3, -0.25) is 9.78 Å². The van der Waals surface area contributed by atoms with Gasteiger partial charge in [0.05, 0.1) is 32.6 Å². The number of benzene rings is 1. The van der Waals surface area contributed by atoms with Crippen LogP contribution in [-0.4, -0.2) is 31.3 Å². The number of rotatable bonds is 4. The van der Waals surface area contributed by atoms with Gasteiger partial charge in [0.2, 0.25) is 5.95 Å². The highest BCUT2D eigenvalue weighted by Crippen LogP contribution is 2.40. The van der Waals surface area contributed by atoms with Crippen molar-refractivity contribution in [3.05, 3.63) is 28.6 Å². The Bertz CT molecular complexity index is 657. The van der Waals surface area contributed by atoms with Crippen molar-refractivity contribution >= 4 is 5.95 Å². The maximum atomic E-state index is 11.5. The molecule has 0 saturated carbocycles. The average molecular weight is 277 g/mol. The second kappa shape index (κ2) is 5.52. The van der Waals surface area contributed by atoms with Gasteiger partial charge in [0.25, 0.3) is 5.56 Å². The largest absolute Gasteiger partial charge is 0.496 e. The number of nitrogens with one attached hydrogen (secondary N) is 1. The second-order valence-electron chi connectivity index (χ2n) is 3.92. The van der Waals surface area contributed by atoms with Crippen molar-refractivity contribution in [1.29, 1.82) is 0 Å². The van der Waals surface area contributed by atoms with E-state index in [4.69, 9.17) is 19.9 Å². The number of hydrogen-bond donors (Lipinski definition) is 2. The van der Waals surface area contributed by atoms with Crippen LogP contribution in [0.2, 0.25) is 0 Å². The maximum Gasteiger partial charge on any atom is 0.252 e. The van der Waals surface area contributed by atoms with Crippen LogP contribution in [0.5, 0.6) is 17.2 Å². The molecule has 0 aliphatic rings. The first-order valence-electron chi connectivity index (χ1n) is 5.76. The fourth-order valence-corrected chi connectivity index (χ4v) is 1.86. The SMILES string of the molecule is COc1cc(OC)c(-c2cc(=O)[nH]c(N)n2)c(OC)c1. The van der Waals surface area contributed by atoms with Gasteiger partial charge in [-0.2, -0.15) is 0 Å². The number of aromatic amines is 1. The number of nitrogens with zero attached hydrogens (tertiary/aromatic N) is 1. The Morgan fingerprint density at radius 3 is 2.10 bits per heavy atom. The van der Waals surface area contributed by atoms with Crippen molar-refractivity contribution in [2.75, 3.05) is 27.1 Å². The zero-order valence-electron chi connectivity index (χ0n) is 11.4. The monoisotopic (exact) mass is 277 g/mol. The van der Waals surface area contributed by atoms with Crippen LogP contribution in [0.15, 0.2) is 23.0 Å². The first-order chi connectivity index (χ1) is 9.58. The average Bonchev–Trinajstić information content (AvgIpc) is 2.44. The van der Waals surface area contributed by atoms with Crippen molar-refractivity contribution in [2.24, 2.45) is 0 Å². The van der Waals surface area contributed by atoms with E-state index >= 15 is 0 Å². The molecule has 7 nitrogen and oxygen atoms in total. The van der Waals surface area contributed by atoms with Crippen molar-refractivity contribution in [1.82, 2.24) is 9.97 Å². The highest BCUT2D eigenvalue weighted by Gasteiger charge is 2.17. The molecule has 0 aliphatic heterocycles. The van der Waals surface area contributed by atoms with E-state index in [0.29, 0.717) is 28.5 Å². The summed E-state index contributed by atoms with van der Waals surface area (Å²) in [7, 11) is 4.56. The third-order valence-corrected chi connectivity index (χ3v) is 2.73. The van der Waals surface area contributed by atoms with Crippen LogP contribution in [0, 0.1) is 0 Å². The molecule has 1 aromatic heterocycles. The van der Waals surface area contributed by atoms with Crippen LogP contribution in [0.4, 0.5) is 5.95 Å². The molecule has 1 heterocycles. The highest BCUT2D eigenvalue weighted by atomic mass is 16.5. The molecule has 0 bridgehead atoms. The van der Waals surface area contributed by atoms with E-state index < -0.39 is 0 Å². The maximum absolute atomic E-state index is 11.5. The van der Waals surface area contributed by atoms with E-state index in [1.165, 1.54) is 27.4 Å². The summed E-state index contributed by atoms with van der Waals surface area (Å²) in [5.74, 6) is 1.53. The van der Waals surface area contributed by atoms with Gasteiger partial charge < -0.3 is 19.9 Å². The standard InChI is InChI=1S/C13H15N3O4/c1-18-7-4-9(19-2)12(10(5-7)20-3)8-6-11(17)16-13(14)15-8/h4-6H,1-3H3,(H3,14,15,16,17). The second-order valence-corrected chi connectivity index (χ2v) is 3.92. The zero-order valence-corrected chi connectivity index (χ0v) is 11.4. The highest BCUT2D eigenvalue weighted by molar-refractivity contribution is 5.76. The molecule has 106 valence electrons. The molecule has 0 spiro atoms. The summed E-state index contributed by atoms with van der Waals surface area (Å²) in [5, 5.41) is 0. The Balaban J connectivity index is 2.74. The molecular weight excluding hydrogens is 262 g/mol. The summed E-state index contributed by atoms with van der Waals surface area (Å²) in [4.78, 5) is 18.0. The van der Waals surface area contributed by atoms with E-state index in [-0.39, 0.29) is 11.5 Å². The number of methoxy groups -OCH3 is 3. The van der Waals surface area contributed by atoms with Crippen LogP contribution in [0.1, 0.15) is 0 Å². The lowest BCUT2D eigenvalue weighted by atomic mass is 10.1. The van der Waals surface area contributed by atoms with E-state index in [2.05, 4.69) is 9.97 Å². The lowest BCUT2D eigenvalue weighted by Crippen LogP contribution is -2.10. The first-order valence-corrected chi connectivity index (χ1v) is 5.76. The minimum absolute atomic E-state index is 0.0208. The Morgan fingerprint density at radius 2 is 1.65 bits per heavy atom. The van der Waals surface area contributed by atoms with Gasteiger partial charge in [-0.05, 0) is 0 Å². The normalized spacial score (nSPS) is 10.2. The van der Waals surface area contributed by atoms with Gasteiger partial charge >= 0.3 is 0 Å². The minimum atomic E-state index is -0.354. The Morgan fingerprint density at radius 1 is 1.05 bits per heavy atom. The fraction of sp³-hybridized carbons (Fsp3) is 0.231. The van der Waals surface area contributed by atoms with Gasteiger partial charge in [-0.25, -0.2) is 4.98 Å². The molecule has 0 atom stereocenters. The molecule has 2 rings (SSSR count). The molecule has 3 N–H and O–H groups in total. The van der Waals surface area contributed by atoms with Crippen molar-refractivity contribution in [3.63, 3.8) is 0 Å². The number of anilines is 1. The number of ether oxygens (including phenoxy) is 3. The lowest BCUT2D eigenvalue weighted by Gasteiger charge is -2.14. The summed E-state index contributed by atoms with van der Waals surface area (Å²) < 4.78 is 15.8. The van der Waals surface area contributed by atoms with Crippen LogP contribution in [0.25, 0.3) is 11.3 Å². The molecule has 0 fully saturated rings. The molecular formula is C13H15N3O4. The predicted octanol–water partition coefficient (Wildman–Crippen LogP) is 1.04. The molecule has 0 aliphatic carbocycles. The number of aromatic nitrogens is 2. The molecule has 20 heavy (non-hydrogen) atoms. The minimum Gasteiger partial charge on any atom is -0.496 e. The number of nitrogens with two attached hydrogens (primary N) is 1. The third kappa shape index (κ3) is 2.51. The summed E-state index contributed by atoms with van der Waals surface area (Å²) in [5.41, 5.74) is 6.11. The van der Waals surface area contributed by atoms with E-state index in [0.717, 1.165) is 0 Å².